The summed E-state index contributed by atoms with van der Waals surface area (Å²) < 4.78 is 71.2. The summed E-state index contributed by atoms with van der Waals surface area (Å²) in [7, 11) is 6.33. The molecule has 14 nitrogen and oxygen atoms in total. The van der Waals surface area contributed by atoms with Gasteiger partial charge >= 0.3 is 36.1 Å². The molecule has 0 rings (SSSR count). The van der Waals surface area contributed by atoms with E-state index in [9.17, 15) is 45.5 Å². The molecule has 75 heavy (non-hydrogen) atoms. The van der Waals surface area contributed by atoms with E-state index in [4.69, 9.17) is 33.1 Å². The van der Waals surface area contributed by atoms with Crippen LogP contribution in [0.25, 0.3) is 0 Å². The minimum Gasteiger partial charge on any atom is -0.481 e. The number of amides is 2. The van der Waals surface area contributed by atoms with Crippen LogP contribution in [0.3, 0.4) is 0 Å². The van der Waals surface area contributed by atoms with Crippen molar-refractivity contribution in [2.24, 2.45) is 70.3 Å². The standard InChI is InChI=1S/C9H16F3NO.C8H14F3NO.C7H17N.C6H13NO2.C6H15N.C5H11NO2.2C5H13N.2ClH.2H2S/c1-7(2)5-4-6-13(3)8(14)9(10,11)12;1-6(2)4-5-12(3)7(13)8(9,10)11;1-7(2)5-4-6-8-3;1-5(6(8)9)3-2-4-7;1-6(2)4-5-7-3;1-4(2-3-6)5(7)8;2*1-5(2)3-4-6;;;;/h7H,4-6H2,1-3H3;6H,4-5H2,1-3H3;7-8H,4-6H2,1-3H3;5H,2-4,7H2,1H3,(H,8,9);6-7H,4-5H2,1-3H3;4H,2-3,6H2,1H3,(H,7,8);2*5H,3-4,6H2,1-2H3;2*1H;2*1H2/t;;;5-;;4-;;;;;;/m...0.0....../s1. The van der Waals surface area contributed by atoms with Gasteiger partial charge in [-0.1, -0.05) is 96.9 Å². The molecule has 0 saturated heterocycles. The Hall–Kier alpha value is -1.50. The van der Waals surface area contributed by atoms with Crippen molar-refractivity contribution in [2.75, 3.05) is 80.5 Å². The van der Waals surface area contributed by atoms with Gasteiger partial charge in [0.1, 0.15) is 0 Å². The molecule has 2 atom stereocenters. The largest absolute Gasteiger partial charge is 0.481 e. The van der Waals surface area contributed by atoms with Gasteiger partial charge in [0.25, 0.3) is 0 Å². The maximum absolute atomic E-state index is 11.9. The zero-order valence-electron chi connectivity index (χ0n) is 49.9. The summed E-state index contributed by atoms with van der Waals surface area (Å²) in [5, 5.41) is 22.8. The maximum Gasteiger partial charge on any atom is 0.471 e. The molecule has 0 spiro atoms. The molecule has 466 valence electrons. The van der Waals surface area contributed by atoms with Gasteiger partial charge in [0, 0.05) is 27.2 Å². The lowest BCUT2D eigenvalue weighted by molar-refractivity contribution is -0.184. The van der Waals surface area contributed by atoms with Gasteiger partial charge in [-0.3, -0.25) is 19.2 Å². The summed E-state index contributed by atoms with van der Waals surface area (Å²) in [4.78, 5) is 42.9. The number of nitrogens with two attached hydrogens (primary N) is 4. The van der Waals surface area contributed by atoms with E-state index in [1.165, 1.54) is 26.3 Å². The van der Waals surface area contributed by atoms with Crippen molar-refractivity contribution < 1.29 is 55.7 Å². The highest BCUT2D eigenvalue weighted by Gasteiger charge is 2.41. The molecule has 0 fully saturated rings. The summed E-state index contributed by atoms with van der Waals surface area (Å²) >= 11 is 0. The lowest BCUT2D eigenvalue weighted by Gasteiger charge is -2.19. The second kappa shape index (κ2) is 68.6. The van der Waals surface area contributed by atoms with Gasteiger partial charge in [-0.05, 0) is 160 Å². The molecule has 0 bridgehead atoms. The number of carbonyl (C=O) groups is 4. The number of carboxylic acids is 2. The van der Waals surface area contributed by atoms with E-state index in [0.29, 0.717) is 55.5 Å². The van der Waals surface area contributed by atoms with Crippen LogP contribution in [-0.2, 0) is 19.2 Å². The Kier molecular flexibility index (Phi) is 93.4. The highest BCUT2D eigenvalue weighted by atomic mass is 35.5. The highest BCUT2D eigenvalue weighted by Crippen LogP contribution is 2.19. The molecule has 0 aromatic rings. The molecule has 0 heterocycles. The average molecular weight is 1190 g/mol. The Bertz CT molecular complexity index is 1180. The lowest BCUT2D eigenvalue weighted by atomic mass is 10.1. The predicted octanol–water partition coefficient (Wildman–Crippen LogP) is 10.9. The number of nitrogens with zero attached hydrogens (tertiary/aromatic N) is 2. The maximum atomic E-state index is 11.9. The van der Waals surface area contributed by atoms with E-state index in [2.05, 4.69) is 66.0 Å². The van der Waals surface area contributed by atoms with Crippen LogP contribution in [0, 0.1) is 47.3 Å². The summed E-state index contributed by atoms with van der Waals surface area (Å²) in [6.45, 7) is 34.1. The summed E-state index contributed by atoms with van der Waals surface area (Å²) in [6, 6.07) is 0. The highest BCUT2D eigenvalue weighted by molar-refractivity contribution is 7.59. The normalized spacial score (nSPS) is 11.0. The van der Waals surface area contributed by atoms with Gasteiger partial charge in [0.15, 0.2) is 0 Å². The van der Waals surface area contributed by atoms with Crippen molar-refractivity contribution in [1.29, 1.82) is 0 Å². The van der Waals surface area contributed by atoms with E-state index < -0.39 is 36.1 Å². The molecular weight excluding hydrogens is 1070 g/mol. The number of rotatable bonds is 25. The van der Waals surface area contributed by atoms with Crippen LogP contribution in [0.2, 0.25) is 0 Å². The van der Waals surface area contributed by atoms with E-state index in [1.54, 1.807) is 13.8 Å². The predicted molar refractivity (Wildman–Crippen MR) is 320 cm³/mol. The van der Waals surface area contributed by atoms with E-state index in [-0.39, 0.29) is 76.7 Å². The number of carboxylic acid groups (broad SMARTS) is 2. The second-order valence-corrected chi connectivity index (χ2v) is 20.0. The minimum absolute atomic E-state index is 0. The fourth-order valence-electron chi connectivity index (χ4n) is 4.53. The number of alkyl halides is 6. The molecule has 0 aliphatic carbocycles. The molecular formula is C51H118Cl2F6N8O6S2. The minimum atomic E-state index is -4.74. The molecule has 24 heteroatoms. The number of aliphatic carboxylic acids is 2. The zero-order chi connectivity index (χ0) is 57.9. The fraction of sp³-hybridized carbons (Fsp3) is 0.922. The van der Waals surface area contributed by atoms with Crippen molar-refractivity contribution in [3.05, 3.63) is 0 Å². The molecule has 12 N–H and O–H groups in total. The number of carbonyl (C=O) groups excluding carboxylic acids is 2. The van der Waals surface area contributed by atoms with Crippen molar-refractivity contribution in [2.45, 2.75) is 180 Å². The second-order valence-electron chi connectivity index (χ2n) is 20.0. The summed E-state index contributed by atoms with van der Waals surface area (Å²) in [6.07, 6.45) is 0.836. The van der Waals surface area contributed by atoms with Crippen LogP contribution >= 0.6 is 51.8 Å². The SMILES string of the molecule is CC(C)CCCN(C)C(=O)C(F)(F)F.CC(C)CCN.CC(C)CCN.CC(C)CCN(C)C(=O)C(F)(F)F.CNCCC(C)C.CNCCCC(C)C.C[C@@H](CCCN)C(=O)O.C[C@@H](CCN)C(=O)O.Cl.Cl.S.S. The monoisotopic (exact) mass is 1190 g/mol. The topological polar surface area (TPSA) is 243 Å². The van der Waals surface area contributed by atoms with Crippen LogP contribution in [0.5, 0.6) is 0 Å². The molecule has 0 radical (unpaired) electrons. The Balaban J connectivity index is -0.0000000611. The first kappa shape index (κ1) is 102. The average Bonchev–Trinajstić information content (AvgIpc) is 3.24. The van der Waals surface area contributed by atoms with Gasteiger partial charge in [0.2, 0.25) is 0 Å². The molecule has 0 aromatic heterocycles. The van der Waals surface area contributed by atoms with Gasteiger partial charge in [-0.2, -0.15) is 53.3 Å². The van der Waals surface area contributed by atoms with Gasteiger partial charge in [-0.15, -0.1) is 24.8 Å². The van der Waals surface area contributed by atoms with Crippen LogP contribution in [0.4, 0.5) is 26.3 Å². The van der Waals surface area contributed by atoms with Crippen LogP contribution in [0.1, 0.15) is 168 Å². The molecule has 0 aromatic carbocycles. The fourth-order valence-corrected chi connectivity index (χ4v) is 4.53. The third-order valence-corrected chi connectivity index (χ3v) is 9.45. The number of nitrogens with one attached hydrogen (secondary N) is 2. The first-order chi connectivity index (χ1) is 32.4. The Labute approximate surface area is 480 Å². The van der Waals surface area contributed by atoms with Gasteiger partial charge in [0.05, 0.1) is 11.8 Å². The smallest absolute Gasteiger partial charge is 0.471 e. The van der Waals surface area contributed by atoms with Crippen molar-refractivity contribution >= 4 is 75.6 Å². The third-order valence-electron chi connectivity index (χ3n) is 9.45. The number of halogens is 8. The summed E-state index contributed by atoms with van der Waals surface area (Å²) in [5.74, 6) is -1.57. The molecule has 0 aliphatic heterocycles. The van der Waals surface area contributed by atoms with Gasteiger partial charge < -0.3 is 53.6 Å². The number of hydrogen-bond donors (Lipinski definition) is 8. The third kappa shape index (κ3) is 102. The van der Waals surface area contributed by atoms with Crippen molar-refractivity contribution in [3.8, 4) is 0 Å². The van der Waals surface area contributed by atoms with Gasteiger partial charge in [-0.25, -0.2) is 0 Å². The molecule has 0 unspecified atom stereocenters. The Morgan fingerprint density at radius 2 is 0.720 bits per heavy atom. The first-order valence-electron chi connectivity index (χ1n) is 25.6. The van der Waals surface area contributed by atoms with Crippen LogP contribution < -0.4 is 33.6 Å². The molecule has 2 amide bonds. The molecule has 0 saturated carbocycles. The Morgan fingerprint density at radius 1 is 0.427 bits per heavy atom. The van der Waals surface area contributed by atoms with E-state index in [0.717, 1.165) is 87.5 Å². The lowest BCUT2D eigenvalue weighted by Crippen LogP contribution is -2.39. The quantitative estimate of drug-likeness (QED) is 0.0314. The van der Waals surface area contributed by atoms with Crippen LogP contribution in [0.15, 0.2) is 0 Å². The van der Waals surface area contributed by atoms with E-state index in [1.807, 2.05) is 41.8 Å². The summed E-state index contributed by atoms with van der Waals surface area (Å²) in [5.41, 5.74) is 20.7. The molecule has 0 aliphatic rings. The Morgan fingerprint density at radius 3 is 0.933 bits per heavy atom. The first-order valence-corrected chi connectivity index (χ1v) is 25.6. The number of hydrogen-bond acceptors (Lipinski definition) is 10. The van der Waals surface area contributed by atoms with Crippen molar-refractivity contribution in [3.63, 3.8) is 0 Å². The van der Waals surface area contributed by atoms with E-state index >= 15 is 0 Å². The zero-order valence-corrected chi connectivity index (χ0v) is 53.5. The van der Waals surface area contributed by atoms with Crippen molar-refractivity contribution in [1.82, 2.24) is 20.4 Å². The van der Waals surface area contributed by atoms with Crippen LogP contribution in [-0.4, -0.2) is 137 Å².